The van der Waals surface area contributed by atoms with Gasteiger partial charge in [-0.05, 0) is 23.6 Å². The monoisotopic (exact) mass is 312 g/mol. The Morgan fingerprint density at radius 2 is 1.89 bits per heavy atom. The maximum absolute atomic E-state index is 3.67. The zero-order valence-corrected chi connectivity index (χ0v) is 13.7. The first-order valence-corrected chi connectivity index (χ1v) is 7.42. The van der Waals surface area contributed by atoms with Crippen LogP contribution in [-0.2, 0) is 6.54 Å². The van der Waals surface area contributed by atoms with Gasteiger partial charge >= 0.3 is 0 Å². The first-order chi connectivity index (χ1) is 8.40. The van der Waals surface area contributed by atoms with E-state index in [9.17, 15) is 0 Å². The van der Waals surface area contributed by atoms with Gasteiger partial charge in [0.1, 0.15) is 0 Å². The maximum Gasteiger partial charge on any atom is 0.0375 e. The van der Waals surface area contributed by atoms with Crippen LogP contribution in [0.5, 0.6) is 0 Å². The molecule has 0 saturated carbocycles. The van der Waals surface area contributed by atoms with Crippen LogP contribution in [0.15, 0.2) is 22.7 Å². The predicted octanol–water partition coefficient (Wildman–Crippen LogP) is 4.04. The van der Waals surface area contributed by atoms with Crippen LogP contribution in [0.2, 0.25) is 0 Å². The van der Waals surface area contributed by atoms with Crippen molar-refractivity contribution >= 4 is 21.6 Å². The lowest BCUT2D eigenvalue weighted by Crippen LogP contribution is -2.23. The van der Waals surface area contributed by atoms with Crippen molar-refractivity contribution < 1.29 is 0 Å². The predicted molar refractivity (Wildman–Crippen MR) is 84.2 cm³/mol. The van der Waals surface area contributed by atoms with Gasteiger partial charge in [0, 0.05) is 36.3 Å². The molecule has 0 radical (unpaired) electrons. The largest absolute Gasteiger partial charge is 0.374 e. The van der Waals surface area contributed by atoms with Gasteiger partial charge in [-0.3, -0.25) is 0 Å². The van der Waals surface area contributed by atoms with Crippen molar-refractivity contribution in [2.75, 3.05) is 18.5 Å². The van der Waals surface area contributed by atoms with Crippen LogP contribution in [0.1, 0.15) is 33.3 Å². The molecule has 0 aliphatic heterocycles. The second-order valence-electron chi connectivity index (χ2n) is 5.59. The van der Waals surface area contributed by atoms with Crippen molar-refractivity contribution in [3.63, 3.8) is 0 Å². The summed E-state index contributed by atoms with van der Waals surface area (Å²) in [4.78, 5) is 2.30. The average Bonchev–Trinajstić information content (AvgIpc) is 2.26. The molecule has 0 aromatic heterocycles. The fourth-order valence-corrected chi connectivity index (χ4v) is 2.39. The molecule has 0 aliphatic rings. The average molecular weight is 313 g/mol. The number of hydrogen-bond donors (Lipinski definition) is 1. The molecule has 0 atom stereocenters. The molecule has 0 fully saturated rings. The van der Waals surface area contributed by atoms with E-state index in [1.54, 1.807) is 0 Å². The minimum atomic E-state index is 0.514. The molecule has 102 valence electrons. The van der Waals surface area contributed by atoms with Gasteiger partial charge in [0.05, 0.1) is 0 Å². The van der Waals surface area contributed by atoms with Gasteiger partial charge in [-0.15, -0.1) is 0 Å². The van der Waals surface area contributed by atoms with Crippen LogP contribution in [0, 0.1) is 5.92 Å². The van der Waals surface area contributed by atoms with E-state index in [1.807, 2.05) is 0 Å². The minimum absolute atomic E-state index is 0.514. The lowest BCUT2D eigenvalue weighted by molar-refractivity contribution is 0.587. The normalized spacial score (nSPS) is 11.3. The van der Waals surface area contributed by atoms with Crippen molar-refractivity contribution in [1.29, 1.82) is 0 Å². The molecule has 2 nitrogen and oxygen atoms in total. The van der Waals surface area contributed by atoms with Crippen molar-refractivity contribution in [2.24, 2.45) is 5.92 Å². The quantitative estimate of drug-likeness (QED) is 0.853. The van der Waals surface area contributed by atoms with E-state index in [1.165, 1.54) is 15.7 Å². The lowest BCUT2D eigenvalue weighted by atomic mass is 10.1. The van der Waals surface area contributed by atoms with Gasteiger partial charge in [0.15, 0.2) is 0 Å². The van der Waals surface area contributed by atoms with E-state index in [0.29, 0.717) is 12.0 Å². The van der Waals surface area contributed by atoms with E-state index in [4.69, 9.17) is 0 Å². The number of nitrogens with zero attached hydrogens (tertiary/aromatic N) is 1. The maximum atomic E-state index is 3.67. The number of hydrogen-bond acceptors (Lipinski definition) is 2. The summed E-state index contributed by atoms with van der Waals surface area (Å²) in [6.07, 6.45) is 0. The number of benzene rings is 1. The summed E-state index contributed by atoms with van der Waals surface area (Å²) in [5, 5.41) is 3.44. The van der Waals surface area contributed by atoms with Crippen LogP contribution in [-0.4, -0.2) is 19.6 Å². The van der Waals surface area contributed by atoms with Crippen LogP contribution >= 0.6 is 15.9 Å². The summed E-state index contributed by atoms with van der Waals surface area (Å²) in [7, 11) is 2.15. The van der Waals surface area contributed by atoms with Gasteiger partial charge in [-0.2, -0.15) is 0 Å². The SMILES string of the molecule is CC(C)CN(C)c1ccc(CNC(C)C)c(Br)c1. The lowest BCUT2D eigenvalue weighted by Gasteiger charge is -2.22. The molecule has 0 saturated heterocycles. The van der Waals surface area contributed by atoms with Crippen LogP contribution in [0.4, 0.5) is 5.69 Å². The Hall–Kier alpha value is -0.540. The van der Waals surface area contributed by atoms with Gasteiger partial charge in [-0.25, -0.2) is 0 Å². The van der Waals surface area contributed by atoms with Crippen LogP contribution in [0.25, 0.3) is 0 Å². The molecule has 0 bridgehead atoms. The van der Waals surface area contributed by atoms with Crippen molar-refractivity contribution in [3.8, 4) is 0 Å². The molecular weight excluding hydrogens is 288 g/mol. The van der Waals surface area contributed by atoms with E-state index >= 15 is 0 Å². The molecule has 1 rings (SSSR count). The molecule has 1 aromatic rings. The van der Waals surface area contributed by atoms with Gasteiger partial charge < -0.3 is 10.2 Å². The number of nitrogens with one attached hydrogen (secondary N) is 1. The Bertz CT molecular complexity index is 375. The molecule has 0 heterocycles. The summed E-state index contributed by atoms with van der Waals surface area (Å²) < 4.78 is 1.18. The van der Waals surface area contributed by atoms with Crippen molar-refractivity contribution in [2.45, 2.75) is 40.3 Å². The van der Waals surface area contributed by atoms with Crippen molar-refractivity contribution in [3.05, 3.63) is 28.2 Å². The highest BCUT2D eigenvalue weighted by atomic mass is 79.9. The standard InChI is InChI=1S/C15H25BrN2/c1-11(2)10-18(5)14-7-6-13(15(16)8-14)9-17-12(3)4/h6-8,11-12,17H,9-10H2,1-5H3. The molecule has 1 N–H and O–H groups in total. The number of halogens is 1. The molecule has 3 heteroatoms. The minimum Gasteiger partial charge on any atom is -0.374 e. The second kappa shape index (κ2) is 7.15. The first kappa shape index (κ1) is 15.5. The third kappa shape index (κ3) is 4.99. The third-order valence-electron chi connectivity index (χ3n) is 2.82. The summed E-state index contributed by atoms with van der Waals surface area (Å²) in [6, 6.07) is 7.12. The Balaban J connectivity index is 2.72. The molecule has 18 heavy (non-hydrogen) atoms. The summed E-state index contributed by atoms with van der Waals surface area (Å²) in [5.41, 5.74) is 2.58. The zero-order valence-electron chi connectivity index (χ0n) is 12.1. The van der Waals surface area contributed by atoms with E-state index in [2.05, 4.69) is 79.1 Å². The smallest absolute Gasteiger partial charge is 0.0375 e. The summed E-state index contributed by atoms with van der Waals surface area (Å²) >= 11 is 3.67. The van der Waals surface area contributed by atoms with Gasteiger partial charge in [0.25, 0.3) is 0 Å². The summed E-state index contributed by atoms with van der Waals surface area (Å²) in [5.74, 6) is 0.677. The third-order valence-corrected chi connectivity index (χ3v) is 3.56. The second-order valence-corrected chi connectivity index (χ2v) is 6.44. The van der Waals surface area contributed by atoms with Gasteiger partial charge in [0.2, 0.25) is 0 Å². The van der Waals surface area contributed by atoms with E-state index in [-0.39, 0.29) is 0 Å². The van der Waals surface area contributed by atoms with E-state index in [0.717, 1.165) is 13.1 Å². The zero-order chi connectivity index (χ0) is 13.7. The molecular formula is C15H25BrN2. The highest BCUT2D eigenvalue weighted by Crippen LogP contribution is 2.24. The Morgan fingerprint density at radius 3 is 2.39 bits per heavy atom. The van der Waals surface area contributed by atoms with Crippen LogP contribution in [0.3, 0.4) is 0 Å². The van der Waals surface area contributed by atoms with E-state index < -0.39 is 0 Å². The van der Waals surface area contributed by atoms with Gasteiger partial charge in [-0.1, -0.05) is 49.7 Å². The first-order valence-electron chi connectivity index (χ1n) is 6.63. The van der Waals surface area contributed by atoms with Crippen LogP contribution < -0.4 is 10.2 Å². The Morgan fingerprint density at radius 1 is 1.22 bits per heavy atom. The fraction of sp³-hybridized carbons (Fsp3) is 0.600. The molecule has 0 amide bonds. The number of anilines is 1. The topological polar surface area (TPSA) is 15.3 Å². The molecule has 1 aromatic carbocycles. The highest BCUT2D eigenvalue weighted by molar-refractivity contribution is 9.10. The fourth-order valence-electron chi connectivity index (χ4n) is 1.88. The molecule has 0 unspecified atom stereocenters. The highest BCUT2D eigenvalue weighted by Gasteiger charge is 2.07. The molecule has 0 aliphatic carbocycles. The van der Waals surface area contributed by atoms with Crippen molar-refractivity contribution in [1.82, 2.24) is 5.32 Å². The summed E-state index contributed by atoms with van der Waals surface area (Å²) in [6.45, 7) is 10.8. The Labute approximate surface area is 120 Å². The Kier molecular flexibility index (Phi) is 6.16. The number of rotatable bonds is 6. The molecule has 0 spiro atoms.